The average molecular weight is 824 g/mol. The van der Waals surface area contributed by atoms with E-state index in [4.69, 9.17) is 4.74 Å². The van der Waals surface area contributed by atoms with Gasteiger partial charge in [-0.05, 0) is 64.2 Å². The Bertz CT molecular complexity index is 1110. The summed E-state index contributed by atoms with van der Waals surface area (Å²) in [5.74, 6) is -0.556. The van der Waals surface area contributed by atoms with Crippen molar-refractivity contribution >= 4 is 11.9 Å². The maximum atomic E-state index is 13.2. The molecule has 6 heteroatoms. The Labute approximate surface area is 364 Å². The second-order valence-electron chi connectivity index (χ2n) is 16.6. The number of hydrogen-bond donors (Lipinski definition) is 3. The molecule has 0 radical (unpaired) electrons. The van der Waals surface area contributed by atoms with E-state index in [2.05, 4.69) is 56.5 Å². The van der Waals surface area contributed by atoms with Crippen molar-refractivity contribution in [1.29, 1.82) is 0 Å². The summed E-state index contributed by atoms with van der Waals surface area (Å²) in [5.41, 5.74) is 0. The smallest absolute Gasteiger partial charge is 0.306 e. The number of allylic oxidation sites excluding steroid dienone is 12. The van der Waals surface area contributed by atoms with Crippen molar-refractivity contribution in [3.63, 3.8) is 0 Å². The van der Waals surface area contributed by atoms with Crippen LogP contribution in [0.25, 0.3) is 0 Å². The lowest BCUT2D eigenvalue weighted by Crippen LogP contribution is -2.46. The first kappa shape index (κ1) is 56.3. The average Bonchev–Trinajstić information content (AvgIpc) is 3.23. The Kier molecular flexibility index (Phi) is 44.2. The van der Waals surface area contributed by atoms with Gasteiger partial charge in [0, 0.05) is 6.42 Å². The number of aliphatic hydroxyl groups is 2. The van der Waals surface area contributed by atoms with Crippen LogP contribution < -0.4 is 5.32 Å². The lowest BCUT2D eigenvalue weighted by Gasteiger charge is -2.24. The standard InChI is InChI=1S/C53H93NO5/c1-4-7-10-13-16-19-22-24-26-28-31-34-37-40-43-46-53(58)59-49(44-41-38-35-32-29-21-18-15-12-9-6-3)47-52(57)54-50(48-55)51(56)45-42-39-36-33-30-27-25-23-20-17-14-11-8-5-2/h7,10,13,16,19,22,24,26,28,31-32,35,49-51,55-56H,4-6,8-9,11-12,14-15,17-18,20-21,23,25,27,29-30,33-34,36-48H2,1-3H3,(H,54,57)/b10-7+,16-13+,22-19-,26-24-,31-28+,35-32-. The van der Waals surface area contributed by atoms with E-state index in [1.54, 1.807) is 0 Å². The van der Waals surface area contributed by atoms with Crippen LogP contribution in [0.1, 0.15) is 226 Å². The van der Waals surface area contributed by atoms with Crippen LogP contribution in [0, 0.1) is 0 Å². The van der Waals surface area contributed by atoms with E-state index in [-0.39, 0.29) is 24.9 Å². The second-order valence-corrected chi connectivity index (χ2v) is 16.6. The predicted molar refractivity (Wildman–Crippen MR) is 255 cm³/mol. The molecule has 0 bridgehead atoms. The molecule has 3 N–H and O–H groups in total. The Hall–Kier alpha value is -2.70. The molecule has 0 aliphatic heterocycles. The minimum Gasteiger partial charge on any atom is -0.462 e. The van der Waals surface area contributed by atoms with Gasteiger partial charge in [0.25, 0.3) is 0 Å². The molecule has 0 rings (SSSR count). The molecule has 0 aliphatic carbocycles. The molecule has 3 unspecified atom stereocenters. The van der Waals surface area contributed by atoms with Crippen molar-refractivity contribution in [2.75, 3.05) is 6.61 Å². The van der Waals surface area contributed by atoms with Gasteiger partial charge in [-0.1, -0.05) is 222 Å². The maximum absolute atomic E-state index is 13.2. The summed E-state index contributed by atoms with van der Waals surface area (Å²) in [7, 11) is 0. The highest BCUT2D eigenvalue weighted by Crippen LogP contribution is 2.17. The molecule has 0 aromatic carbocycles. The summed E-state index contributed by atoms with van der Waals surface area (Å²) in [6, 6.07) is -0.720. The topological polar surface area (TPSA) is 95.9 Å². The number of amides is 1. The molecule has 0 aromatic rings. The van der Waals surface area contributed by atoms with E-state index >= 15 is 0 Å². The number of unbranched alkanes of at least 4 members (excludes halogenated alkanes) is 23. The SMILES string of the molecule is CC/C=C/C=C/C=C\C=C/C=C/CCCCCC(=O)OC(CCC/C=C\CCCCCCCC)CC(=O)NC(CO)C(O)CCCCCCCCCCCCCCCC. The summed E-state index contributed by atoms with van der Waals surface area (Å²) in [6.07, 6.45) is 58.2. The predicted octanol–water partition coefficient (Wildman–Crippen LogP) is 14.6. The minimum absolute atomic E-state index is 0.0367. The number of carbonyl (C=O) groups is 2. The van der Waals surface area contributed by atoms with E-state index in [0.29, 0.717) is 19.3 Å². The molecule has 0 heterocycles. The molecule has 0 saturated carbocycles. The first-order valence-corrected chi connectivity index (χ1v) is 24.7. The third kappa shape index (κ3) is 41.8. The molecular formula is C53H93NO5. The van der Waals surface area contributed by atoms with Crippen LogP contribution in [0.4, 0.5) is 0 Å². The van der Waals surface area contributed by atoms with Crippen LogP contribution in [-0.2, 0) is 14.3 Å². The number of rotatable bonds is 43. The molecule has 6 nitrogen and oxygen atoms in total. The second kappa shape index (κ2) is 46.4. The number of ether oxygens (including phenoxy) is 1. The third-order valence-electron chi connectivity index (χ3n) is 10.9. The summed E-state index contributed by atoms with van der Waals surface area (Å²) in [5, 5.41) is 23.7. The molecule has 340 valence electrons. The number of nitrogens with one attached hydrogen (secondary N) is 1. The quantitative estimate of drug-likeness (QED) is 0.0246. The Morgan fingerprint density at radius 2 is 0.949 bits per heavy atom. The van der Waals surface area contributed by atoms with Crippen LogP contribution in [0.5, 0.6) is 0 Å². The van der Waals surface area contributed by atoms with Crippen molar-refractivity contribution in [3.05, 3.63) is 72.9 Å². The van der Waals surface area contributed by atoms with Gasteiger partial charge in [-0.25, -0.2) is 0 Å². The normalized spacial score (nSPS) is 13.9. The zero-order valence-corrected chi connectivity index (χ0v) is 38.6. The van der Waals surface area contributed by atoms with Gasteiger partial charge in [-0.2, -0.15) is 0 Å². The van der Waals surface area contributed by atoms with Gasteiger partial charge in [0.2, 0.25) is 5.91 Å². The summed E-state index contributed by atoms with van der Waals surface area (Å²) >= 11 is 0. The highest BCUT2D eigenvalue weighted by molar-refractivity contribution is 5.77. The Balaban J connectivity index is 4.65. The van der Waals surface area contributed by atoms with E-state index < -0.39 is 18.2 Å². The highest BCUT2D eigenvalue weighted by Gasteiger charge is 2.24. The van der Waals surface area contributed by atoms with Crippen molar-refractivity contribution in [2.45, 2.75) is 244 Å². The maximum Gasteiger partial charge on any atom is 0.306 e. The van der Waals surface area contributed by atoms with Crippen molar-refractivity contribution in [2.24, 2.45) is 0 Å². The van der Waals surface area contributed by atoms with Gasteiger partial charge in [0.1, 0.15) is 6.10 Å². The lowest BCUT2D eigenvalue weighted by molar-refractivity contribution is -0.151. The molecule has 59 heavy (non-hydrogen) atoms. The van der Waals surface area contributed by atoms with Gasteiger partial charge in [0.15, 0.2) is 0 Å². The van der Waals surface area contributed by atoms with Gasteiger partial charge in [0.05, 0.1) is 25.2 Å². The van der Waals surface area contributed by atoms with E-state index in [9.17, 15) is 19.8 Å². The van der Waals surface area contributed by atoms with Crippen LogP contribution in [-0.4, -0.2) is 46.9 Å². The minimum atomic E-state index is -0.804. The molecule has 0 fully saturated rings. The highest BCUT2D eigenvalue weighted by atomic mass is 16.5. The molecule has 3 atom stereocenters. The monoisotopic (exact) mass is 824 g/mol. The van der Waals surface area contributed by atoms with Crippen LogP contribution in [0.2, 0.25) is 0 Å². The van der Waals surface area contributed by atoms with Gasteiger partial charge in [-0.15, -0.1) is 0 Å². The number of aliphatic hydroxyl groups excluding tert-OH is 2. The van der Waals surface area contributed by atoms with Gasteiger partial charge in [-0.3, -0.25) is 9.59 Å². The fraction of sp³-hybridized carbons (Fsp3) is 0.736. The van der Waals surface area contributed by atoms with Crippen molar-refractivity contribution in [3.8, 4) is 0 Å². The summed E-state index contributed by atoms with van der Waals surface area (Å²) in [6.45, 7) is 6.31. The van der Waals surface area contributed by atoms with Gasteiger partial charge >= 0.3 is 5.97 Å². The lowest BCUT2D eigenvalue weighted by atomic mass is 10.0. The fourth-order valence-corrected chi connectivity index (χ4v) is 7.16. The summed E-state index contributed by atoms with van der Waals surface area (Å²) in [4.78, 5) is 26.0. The Morgan fingerprint density at radius 3 is 1.47 bits per heavy atom. The first-order chi connectivity index (χ1) is 29.0. The van der Waals surface area contributed by atoms with E-state index in [1.165, 1.54) is 109 Å². The van der Waals surface area contributed by atoms with Gasteiger partial charge < -0.3 is 20.3 Å². The largest absolute Gasteiger partial charge is 0.462 e. The number of esters is 1. The van der Waals surface area contributed by atoms with Crippen LogP contribution in [0.15, 0.2) is 72.9 Å². The third-order valence-corrected chi connectivity index (χ3v) is 10.9. The molecular weight excluding hydrogens is 731 g/mol. The van der Waals surface area contributed by atoms with Crippen LogP contribution in [0.3, 0.4) is 0 Å². The number of carbonyl (C=O) groups excluding carboxylic acids is 2. The fourth-order valence-electron chi connectivity index (χ4n) is 7.16. The molecule has 1 amide bonds. The molecule has 0 aliphatic rings. The van der Waals surface area contributed by atoms with E-state index in [0.717, 1.165) is 70.6 Å². The molecule has 0 aromatic heterocycles. The zero-order chi connectivity index (χ0) is 43.1. The van der Waals surface area contributed by atoms with Crippen molar-refractivity contribution in [1.82, 2.24) is 5.32 Å². The van der Waals surface area contributed by atoms with Crippen LogP contribution >= 0.6 is 0 Å². The molecule has 0 saturated heterocycles. The first-order valence-electron chi connectivity index (χ1n) is 24.7. The van der Waals surface area contributed by atoms with Crippen molar-refractivity contribution < 1.29 is 24.5 Å². The number of hydrogen-bond acceptors (Lipinski definition) is 5. The zero-order valence-electron chi connectivity index (χ0n) is 38.6. The molecule has 0 spiro atoms. The van der Waals surface area contributed by atoms with E-state index in [1.807, 2.05) is 42.5 Å². The Morgan fingerprint density at radius 1 is 0.508 bits per heavy atom. The summed E-state index contributed by atoms with van der Waals surface area (Å²) < 4.78 is 5.88.